The van der Waals surface area contributed by atoms with Gasteiger partial charge in [-0.1, -0.05) is 20.8 Å². The molecule has 1 aromatic rings. The van der Waals surface area contributed by atoms with E-state index in [1.165, 1.54) is 0 Å². The topological polar surface area (TPSA) is 45.6 Å². The smallest absolute Gasteiger partial charge is 0.0945 e. The van der Waals surface area contributed by atoms with Crippen LogP contribution in [0.3, 0.4) is 0 Å². The van der Waals surface area contributed by atoms with Crippen molar-refractivity contribution in [1.29, 1.82) is 0 Å². The third kappa shape index (κ3) is 3.99. The SMILES string of the molecule is CC(C)(C)c1nc(CCN2CCOCC2)sc1CO. The molecule has 0 spiro atoms. The van der Waals surface area contributed by atoms with Crippen molar-refractivity contribution < 1.29 is 9.84 Å². The quantitative estimate of drug-likeness (QED) is 0.916. The fourth-order valence-electron chi connectivity index (χ4n) is 2.28. The number of aliphatic hydroxyl groups is 1. The molecule has 4 nitrogen and oxygen atoms in total. The summed E-state index contributed by atoms with van der Waals surface area (Å²) in [6, 6.07) is 0. The van der Waals surface area contributed by atoms with Gasteiger partial charge in [-0.3, -0.25) is 4.90 Å². The maximum Gasteiger partial charge on any atom is 0.0945 e. The van der Waals surface area contributed by atoms with Crippen LogP contribution in [0, 0.1) is 0 Å². The lowest BCUT2D eigenvalue weighted by Crippen LogP contribution is -2.37. The summed E-state index contributed by atoms with van der Waals surface area (Å²) in [5.74, 6) is 0. The number of thiazole rings is 1. The first-order chi connectivity index (χ1) is 9.00. The lowest BCUT2D eigenvalue weighted by Gasteiger charge is -2.26. The minimum Gasteiger partial charge on any atom is -0.391 e. The van der Waals surface area contributed by atoms with Crippen molar-refractivity contribution in [2.24, 2.45) is 0 Å². The van der Waals surface area contributed by atoms with Crippen LogP contribution in [0.5, 0.6) is 0 Å². The van der Waals surface area contributed by atoms with Gasteiger partial charge in [0.1, 0.15) is 0 Å². The highest BCUT2D eigenvalue weighted by Gasteiger charge is 2.23. The number of ether oxygens (including phenoxy) is 1. The first kappa shape index (κ1) is 14.9. The Morgan fingerprint density at radius 1 is 1.32 bits per heavy atom. The maximum absolute atomic E-state index is 9.46. The monoisotopic (exact) mass is 284 g/mol. The Balaban J connectivity index is 1.98. The van der Waals surface area contributed by atoms with Crippen molar-refractivity contribution in [2.45, 2.75) is 39.2 Å². The lowest BCUT2D eigenvalue weighted by atomic mass is 9.91. The second kappa shape index (κ2) is 6.31. The average Bonchev–Trinajstić information content (AvgIpc) is 2.81. The van der Waals surface area contributed by atoms with E-state index in [2.05, 4.69) is 25.7 Å². The highest BCUT2D eigenvalue weighted by molar-refractivity contribution is 7.11. The summed E-state index contributed by atoms with van der Waals surface area (Å²) in [7, 11) is 0. The van der Waals surface area contributed by atoms with Crippen molar-refractivity contribution in [2.75, 3.05) is 32.8 Å². The van der Waals surface area contributed by atoms with Gasteiger partial charge in [-0.2, -0.15) is 0 Å². The molecule has 0 aliphatic carbocycles. The highest BCUT2D eigenvalue weighted by Crippen LogP contribution is 2.29. The lowest BCUT2D eigenvalue weighted by molar-refractivity contribution is 0.0384. The van der Waals surface area contributed by atoms with Crippen molar-refractivity contribution in [3.63, 3.8) is 0 Å². The summed E-state index contributed by atoms with van der Waals surface area (Å²) in [5, 5.41) is 10.6. The van der Waals surface area contributed by atoms with E-state index in [9.17, 15) is 5.11 Å². The molecule has 1 aromatic heterocycles. The fraction of sp³-hybridized carbons (Fsp3) is 0.786. The van der Waals surface area contributed by atoms with Crippen LogP contribution in [-0.2, 0) is 23.2 Å². The predicted molar refractivity (Wildman–Crippen MR) is 77.7 cm³/mol. The Kier molecular flexibility index (Phi) is 4.95. The van der Waals surface area contributed by atoms with Gasteiger partial charge in [0.15, 0.2) is 0 Å². The molecule has 2 rings (SSSR count). The third-order valence-electron chi connectivity index (χ3n) is 3.34. The molecule has 1 fully saturated rings. The summed E-state index contributed by atoms with van der Waals surface area (Å²) in [4.78, 5) is 8.17. The molecule has 1 N–H and O–H groups in total. The van der Waals surface area contributed by atoms with Crippen molar-refractivity contribution in [3.8, 4) is 0 Å². The summed E-state index contributed by atoms with van der Waals surface area (Å²) < 4.78 is 5.35. The van der Waals surface area contributed by atoms with Gasteiger partial charge in [-0.05, 0) is 0 Å². The van der Waals surface area contributed by atoms with Crippen molar-refractivity contribution in [3.05, 3.63) is 15.6 Å². The largest absolute Gasteiger partial charge is 0.391 e. The van der Waals surface area contributed by atoms with E-state index in [4.69, 9.17) is 9.72 Å². The van der Waals surface area contributed by atoms with Crippen LogP contribution in [0.15, 0.2) is 0 Å². The van der Waals surface area contributed by atoms with Gasteiger partial charge in [0, 0.05) is 31.5 Å². The van der Waals surface area contributed by atoms with E-state index in [1.54, 1.807) is 11.3 Å². The summed E-state index contributed by atoms with van der Waals surface area (Å²) in [6.45, 7) is 11.3. The molecule has 1 aliphatic rings. The molecule has 1 aliphatic heterocycles. The molecule has 0 atom stereocenters. The van der Waals surface area contributed by atoms with E-state index in [0.29, 0.717) is 0 Å². The number of nitrogens with zero attached hydrogens (tertiary/aromatic N) is 2. The van der Waals surface area contributed by atoms with Crippen LogP contribution in [0.1, 0.15) is 36.3 Å². The zero-order valence-electron chi connectivity index (χ0n) is 12.1. The summed E-state index contributed by atoms with van der Waals surface area (Å²) in [5.41, 5.74) is 1.06. The molecule has 0 radical (unpaired) electrons. The molecule has 0 aromatic carbocycles. The Morgan fingerprint density at radius 3 is 2.53 bits per heavy atom. The fourth-order valence-corrected chi connectivity index (χ4v) is 3.41. The van der Waals surface area contributed by atoms with Crippen LogP contribution in [0.25, 0.3) is 0 Å². The van der Waals surface area contributed by atoms with Gasteiger partial charge in [0.05, 0.1) is 35.4 Å². The molecule has 0 bridgehead atoms. The molecular formula is C14H24N2O2S. The normalized spacial score (nSPS) is 17.9. The average molecular weight is 284 g/mol. The van der Waals surface area contributed by atoms with Gasteiger partial charge in [-0.25, -0.2) is 4.98 Å². The molecular weight excluding hydrogens is 260 g/mol. The standard InChI is InChI=1S/C14H24N2O2S/c1-14(2,3)13-11(10-17)19-12(15-13)4-5-16-6-8-18-9-7-16/h17H,4-10H2,1-3H3. The van der Waals surface area contributed by atoms with Crippen LogP contribution in [0.2, 0.25) is 0 Å². The van der Waals surface area contributed by atoms with Crippen LogP contribution >= 0.6 is 11.3 Å². The van der Waals surface area contributed by atoms with Crippen LogP contribution < -0.4 is 0 Å². The van der Waals surface area contributed by atoms with Gasteiger partial charge in [0.25, 0.3) is 0 Å². The molecule has 108 valence electrons. The zero-order chi connectivity index (χ0) is 13.9. The number of hydrogen-bond donors (Lipinski definition) is 1. The number of aliphatic hydroxyl groups excluding tert-OH is 1. The van der Waals surface area contributed by atoms with Gasteiger partial charge in [0.2, 0.25) is 0 Å². The second-order valence-electron chi connectivity index (χ2n) is 5.99. The van der Waals surface area contributed by atoms with E-state index in [1.807, 2.05) is 0 Å². The van der Waals surface area contributed by atoms with Crippen molar-refractivity contribution >= 4 is 11.3 Å². The molecule has 1 saturated heterocycles. The second-order valence-corrected chi connectivity index (χ2v) is 7.16. The number of morpholine rings is 1. The number of aromatic nitrogens is 1. The van der Waals surface area contributed by atoms with E-state index < -0.39 is 0 Å². The Morgan fingerprint density at radius 2 is 2.00 bits per heavy atom. The van der Waals surface area contributed by atoms with E-state index in [-0.39, 0.29) is 12.0 Å². The van der Waals surface area contributed by atoms with Crippen molar-refractivity contribution in [1.82, 2.24) is 9.88 Å². The molecule has 0 amide bonds. The zero-order valence-corrected chi connectivity index (χ0v) is 12.9. The summed E-state index contributed by atoms with van der Waals surface area (Å²) in [6.07, 6.45) is 0.966. The molecule has 0 saturated carbocycles. The van der Waals surface area contributed by atoms with Gasteiger partial charge < -0.3 is 9.84 Å². The maximum atomic E-state index is 9.46. The summed E-state index contributed by atoms with van der Waals surface area (Å²) >= 11 is 1.66. The van der Waals surface area contributed by atoms with Gasteiger partial charge >= 0.3 is 0 Å². The molecule has 5 heteroatoms. The van der Waals surface area contributed by atoms with Gasteiger partial charge in [-0.15, -0.1) is 11.3 Å². The highest BCUT2D eigenvalue weighted by atomic mass is 32.1. The minimum absolute atomic E-state index is 0.00573. The first-order valence-corrected chi connectivity index (χ1v) is 7.72. The predicted octanol–water partition coefficient (Wildman–Crippen LogP) is 1.81. The van der Waals surface area contributed by atoms with E-state index in [0.717, 1.165) is 54.8 Å². The molecule has 0 unspecified atom stereocenters. The van der Waals surface area contributed by atoms with Crippen LogP contribution in [0.4, 0.5) is 0 Å². The Labute approximate surface area is 119 Å². The van der Waals surface area contributed by atoms with E-state index >= 15 is 0 Å². The number of rotatable bonds is 4. The Bertz CT molecular complexity index is 406. The van der Waals surface area contributed by atoms with Crippen LogP contribution in [-0.4, -0.2) is 47.8 Å². The number of hydrogen-bond acceptors (Lipinski definition) is 5. The molecule has 2 heterocycles. The Hall–Kier alpha value is -0.490. The third-order valence-corrected chi connectivity index (χ3v) is 4.44. The molecule has 19 heavy (non-hydrogen) atoms. The first-order valence-electron chi connectivity index (χ1n) is 6.90. The minimum atomic E-state index is 0.00573.